The van der Waals surface area contributed by atoms with Crippen molar-refractivity contribution in [1.82, 2.24) is 5.32 Å². The molecule has 3 aliphatic rings. The van der Waals surface area contributed by atoms with Gasteiger partial charge in [0.15, 0.2) is 0 Å². The smallest absolute Gasteiger partial charge is 0.307 e. The fraction of sp³-hybridized carbons (Fsp3) is 0.733. The van der Waals surface area contributed by atoms with E-state index in [0.29, 0.717) is 5.92 Å². The summed E-state index contributed by atoms with van der Waals surface area (Å²) in [5, 5.41) is 12.4. The Kier molecular flexibility index (Phi) is 3.11. The quantitative estimate of drug-likeness (QED) is 0.763. The third kappa shape index (κ3) is 2.17. The maximum absolute atomic E-state index is 12.4. The molecule has 2 N–H and O–H groups in total. The molecule has 0 spiro atoms. The molecule has 3 rings (SSSR count). The Hall–Kier alpha value is -1.32. The van der Waals surface area contributed by atoms with Crippen LogP contribution in [-0.4, -0.2) is 23.0 Å². The van der Waals surface area contributed by atoms with Gasteiger partial charge < -0.3 is 10.4 Å². The van der Waals surface area contributed by atoms with Crippen LogP contribution in [0.15, 0.2) is 12.2 Å². The van der Waals surface area contributed by atoms with E-state index in [4.69, 9.17) is 0 Å². The van der Waals surface area contributed by atoms with Gasteiger partial charge in [-0.15, -0.1) is 0 Å². The Bertz CT molecular complexity index is 431. The number of allylic oxidation sites excluding steroid dienone is 2. The molecule has 19 heavy (non-hydrogen) atoms. The maximum atomic E-state index is 12.4. The predicted octanol–water partition coefficient (Wildman–Crippen LogP) is 1.81. The van der Waals surface area contributed by atoms with Gasteiger partial charge in [0.2, 0.25) is 5.91 Å². The first-order chi connectivity index (χ1) is 9.06. The Morgan fingerprint density at radius 2 is 1.79 bits per heavy atom. The topological polar surface area (TPSA) is 66.4 Å². The summed E-state index contributed by atoms with van der Waals surface area (Å²) in [6.45, 7) is 2.20. The van der Waals surface area contributed by atoms with Crippen LogP contribution in [0.2, 0.25) is 0 Å². The van der Waals surface area contributed by atoms with Crippen molar-refractivity contribution in [2.75, 3.05) is 0 Å². The minimum atomic E-state index is -0.822. The van der Waals surface area contributed by atoms with Gasteiger partial charge in [-0.25, -0.2) is 0 Å². The number of hydrogen-bond donors (Lipinski definition) is 2. The van der Waals surface area contributed by atoms with Crippen LogP contribution in [0.1, 0.15) is 32.6 Å². The summed E-state index contributed by atoms with van der Waals surface area (Å²) in [5.74, 6) is -0.886. The number of nitrogens with one attached hydrogen (secondary N) is 1. The molecule has 3 aliphatic carbocycles. The molecule has 2 bridgehead atoms. The van der Waals surface area contributed by atoms with Crippen LogP contribution in [0, 0.1) is 29.6 Å². The number of fused-ring (bicyclic) bond motifs is 2. The molecule has 2 fully saturated rings. The van der Waals surface area contributed by atoms with Crippen LogP contribution in [0.3, 0.4) is 0 Å². The van der Waals surface area contributed by atoms with Gasteiger partial charge in [0.25, 0.3) is 0 Å². The molecule has 2 saturated carbocycles. The molecule has 1 amide bonds. The lowest BCUT2D eigenvalue weighted by Gasteiger charge is -2.25. The van der Waals surface area contributed by atoms with Gasteiger partial charge in [-0.3, -0.25) is 9.59 Å². The van der Waals surface area contributed by atoms with E-state index in [1.54, 1.807) is 0 Å². The highest BCUT2D eigenvalue weighted by atomic mass is 16.4. The van der Waals surface area contributed by atoms with E-state index >= 15 is 0 Å². The minimum absolute atomic E-state index is 0.0386. The molecular weight excluding hydrogens is 242 g/mol. The molecule has 0 saturated heterocycles. The first kappa shape index (κ1) is 12.7. The Morgan fingerprint density at radius 3 is 2.37 bits per heavy atom. The van der Waals surface area contributed by atoms with Crippen LogP contribution < -0.4 is 5.32 Å². The highest BCUT2D eigenvalue weighted by molar-refractivity contribution is 5.87. The van der Waals surface area contributed by atoms with E-state index in [0.717, 1.165) is 25.7 Å². The van der Waals surface area contributed by atoms with Crippen LogP contribution in [0.25, 0.3) is 0 Å². The molecule has 0 aliphatic heterocycles. The van der Waals surface area contributed by atoms with Crippen molar-refractivity contribution >= 4 is 11.9 Å². The summed E-state index contributed by atoms with van der Waals surface area (Å²) in [4.78, 5) is 23.8. The summed E-state index contributed by atoms with van der Waals surface area (Å²) in [5.41, 5.74) is 0. The molecule has 0 aromatic heterocycles. The zero-order valence-corrected chi connectivity index (χ0v) is 11.2. The molecule has 4 heteroatoms. The Labute approximate surface area is 113 Å². The van der Waals surface area contributed by atoms with E-state index < -0.39 is 11.9 Å². The number of amides is 1. The highest BCUT2D eigenvalue weighted by Crippen LogP contribution is 2.48. The normalized spacial score (nSPS) is 43.6. The van der Waals surface area contributed by atoms with Gasteiger partial charge in [0.05, 0.1) is 11.8 Å². The predicted molar refractivity (Wildman–Crippen MR) is 70.3 cm³/mol. The second kappa shape index (κ2) is 4.66. The van der Waals surface area contributed by atoms with Crippen molar-refractivity contribution in [1.29, 1.82) is 0 Å². The first-order valence-corrected chi connectivity index (χ1v) is 7.27. The number of carbonyl (C=O) groups is 2. The number of hydrogen-bond acceptors (Lipinski definition) is 2. The van der Waals surface area contributed by atoms with Crippen molar-refractivity contribution in [2.45, 2.75) is 38.6 Å². The van der Waals surface area contributed by atoms with E-state index in [1.165, 1.54) is 0 Å². The van der Waals surface area contributed by atoms with E-state index in [-0.39, 0.29) is 29.7 Å². The van der Waals surface area contributed by atoms with Crippen LogP contribution in [0.4, 0.5) is 0 Å². The van der Waals surface area contributed by atoms with E-state index in [2.05, 4.69) is 12.2 Å². The first-order valence-electron chi connectivity index (χ1n) is 7.27. The minimum Gasteiger partial charge on any atom is -0.481 e. The summed E-state index contributed by atoms with van der Waals surface area (Å²) in [6.07, 6.45) is 8.05. The molecule has 0 heterocycles. The average Bonchev–Trinajstić information content (AvgIpc) is 3.03. The van der Waals surface area contributed by atoms with Crippen molar-refractivity contribution in [2.24, 2.45) is 29.6 Å². The Morgan fingerprint density at radius 1 is 1.11 bits per heavy atom. The van der Waals surface area contributed by atoms with Crippen molar-refractivity contribution in [3.8, 4) is 0 Å². The lowest BCUT2D eigenvalue weighted by atomic mass is 9.82. The van der Waals surface area contributed by atoms with Crippen LogP contribution >= 0.6 is 0 Å². The molecule has 104 valence electrons. The Balaban J connectivity index is 1.69. The van der Waals surface area contributed by atoms with Crippen molar-refractivity contribution in [3.63, 3.8) is 0 Å². The number of rotatable bonds is 3. The maximum Gasteiger partial charge on any atom is 0.307 e. The molecule has 4 nitrogen and oxygen atoms in total. The fourth-order valence-electron chi connectivity index (χ4n) is 4.15. The molecule has 4 unspecified atom stereocenters. The van der Waals surface area contributed by atoms with Gasteiger partial charge in [-0.05, 0) is 43.4 Å². The summed E-state index contributed by atoms with van der Waals surface area (Å²) in [6, 6.07) is 0.250. The monoisotopic (exact) mass is 263 g/mol. The molecule has 0 aromatic rings. The average molecular weight is 263 g/mol. The number of carboxylic acids is 1. The highest BCUT2D eigenvalue weighted by Gasteiger charge is 2.51. The van der Waals surface area contributed by atoms with E-state index in [9.17, 15) is 14.7 Å². The van der Waals surface area contributed by atoms with Crippen LogP contribution in [0.5, 0.6) is 0 Å². The lowest BCUT2D eigenvalue weighted by Crippen LogP contribution is -2.43. The third-order valence-corrected chi connectivity index (χ3v) is 5.09. The van der Waals surface area contributed by atoms with Crippen molar-refractivity contribution in [3.05, 3.63) is 12.2 Å². The molecule has 0 aromatic carbocycles. The van der Waals surface area contributed by atoms with Gasteiger partial charge in [0.1, 0.15) is 0 Å². The standard InChI is InChI=1S/C15H21NO3/c1-8-2-5-11(6-8)16-14(17)12-9-3-4-10(7-9)13(12)15(18)19/h3-4,8-13H,2,5-7H2,1H3,(H,16,17)(H,18,19)/t8?,9?,10?,11?,12-,13+/m0/s1. The lowest BCUT2D eigenvalue weighted by molar-refractivity contribution is -0.148. The zero-order valence-electron chi connectivity index (χ0n) is 11.2. The molecule has 0 radical (unpaired) electrons. The second-order valence-corrected chi connectivity index (χ2v) is 6.46. The largest absolute Gasteiger partial charge is 0.481 e. The van der Waals surface area contributed by atoms with Gasteiger partial charge in [-0.1, -0.05) is 19.1 Å². The number of carboxylic acid groups (broad SMARTS) is 1. The fourth-order valence-corrected chi connectivity index (χ4v) is 4.15. The molecular formula is C15H21NO3. The van der Waals surface area contributed by atoms with Crippen LogP contribution in [-0.2, 0) is 9.59 Å². The third-order valence-electron chi connectivity index (χ3n) is 5.09. The van der Waals surface area contributed by atoms with Crippen molar-refractivity contribution < 1.29 is 14.7 Å². The van der Waals surface area contributed by atoms with Gasteiger partial charge >= 0.3 is 5.97 Å². The summed E-state index contributed by atoms with van der Waals surface area (Å²) in [7, 11) is 0. The van der Waals surface area contributed by atoms with E-state index in [1.807, 2.05) is 12.2 Å². The SMILES string of the molecule is CC1CCC(NC(=O)[C@H]2C3C=CC(C3)[C@H]2C(=O)O)C1. The molecule has 6 atom stereocenters. The second-order valence-electron chi connectivity index (χ2n) is 6.46. The number of aliphatic carboxylic acids is 1. The summed E-state index contributed by atoms with van der Waals surface area (Å²) >= 11 is 0. The van der Waals surface area contributed by atoms with Gasteiger partial charge in [-0.2, -0.15) is 0 Å². The number of carbonyl (C=O) groups excluding carboxylic acids is 1. The van der Waals surface area contributed by atoms with Gasteiger partial charge in [0, 0.05) is 6.04 Å². The zero-order chi connectivity index (χ0) is 13.6. The summed E-state index contributed by atoms with van der Waals surface area (Å²) < 4.78 is 0.